The van der Waals surface area contributed by atoms with Crippen LogP contribution >= 0.6 is 11.8 Å². The molecule has 0 spiro atoms. The molecule has 2 N–H and O–H groups in total. The standard InChI is InChI=1S/C21H24N6O3S/c1-30-18-4-2-3-16(24-18)13-22-12-14-6-9-27(10-7-14)20-23-8-5-15(25-20)11-17-19(28)26-21(29)31-17/h2-5,8,11,14,22H,6-7,9-10,12-13H2,1H3,(H,26,28,29). The molecule has 2 aliphatic heterocycles. The van der Waals surface area contributed by atoms with E-state index in [1.165, 1.54) is 0 Å². The van der Waals surface area contributed by atoms with Crippen molar-refractivity contribution < 1.29 is 14.3 Å². The third-order valence-electron chi connectivity index (χ3n) is 5.21. The lowest BCUT2D eigenvalue weighted by molar-refractivity contribution is -0.115. The summed E-state index contributed by atoms with van der Waals surface area (Å²) in [5.41, 5.74) is 1.58. The maximum absolute atomic E-state index is 11.7. The monoisotopic (exact) mass is 440 g/mol. The number of nitrogens with zero attached hydrogens (tertiary/aromatic N) is 4. The van der Waals surface area contributed by atoms with Crippen LogP contribution in [0.15, 0.2) is 35.4 Å². The Morgan fingerprint density at radius 1 is 1.26 bits per heavy atom. The van der Waals surface area contributed by atoms with Crippen LogP contribution in [0.4, 0.5) is 10.7 Å². The van der Waals surface area contributed by atoms with E-state index in [1.807, 2.05) is 18.2 Å². The SMILES string of the molecule is COc1cccc(CNCC2CCN(c3nccc(C=C4SC(=O)NC4=O)n3)CC2)n1. The molecule has 2 amide bonds. The van der Waals surface area contributed by atoms with E-state index in [-0.39, 0.29) is 11.1 Å². The number of pyridine rings is 1. The Bertz CT molecular complexity index is 991. The van der Waals surface area contributed by atoms with Crippen LogP contribution in [0.2, 0.25) is 0 Å². The van der Waals surface area contributed by atoms with Gasteiger partial charge in [0, 0.05) is 31.9 Å². The van der Waals surface area contributed by atoms with E-state index in [9.17, 15) is 9.59 Å². The zero-order valence-electron chi connectivity index (χ0n) is 17.2. The van der Waals surface area contributed by atoms with Gasteiger partial charge in [-0.05, 0) is 55.3 Å². The lowest BCUT2D eigenvalue weighted by atomic mass is 9.97. The average Bonchev–Trinajstić information content (AvgIpc) is 3.11. The van der Waals surface area contributed by atoms with Crippen LogP contribution in [-0.2, 0) is 11.3 Å². The van der Waals surface area contributed by atoms with Crippen molar-refractivity contribution in [1.82, 2.24) is 25.6 Å². The van der Waals surface area contributed by atoms with Gasteiger partial charge in [-0.15, -0.1) is 0 Å². The third-order valence-corrected chi connectivity index (χ3v) is 6.02. The molecule has 0 unspecified atom stereocenters. The molecule has 0 bridgehead atoms. The number of carbonyl (C=O) groups excluding carboxylic acids is 2. The summed E-state index contributed by atoms with van der Waals surface area (Å²) in [5.74, 6) is 1.48. The van der Waals surface area contributed by atoms with E-state index >= 15 is 0 Å². The minimum Gasteiger partial charge on any atom is -0.481 e. The number of rotatable bonds is 7. The van der Waals surface area contributed by atoms with Crippen molar-refractivity contribution in [3.8, 4) is 5.88 Å². The maximum atomic E-state index is 11.7. The van der Waals surface area contributed by atoms with Crippen molar-refractivity contribution >= 4 is 34.9 Å². The summed E-state index contributed by atoms with van der Waals surface area (Å²) < 4.78 is 5.16. The van der Waals surface area contributed by atoms with Gasteiger partial charge in [0.15, 0.2) is 0 Å². The highest BCUT2D eigenvalue weighted by Gasteiger charge is 2.25. The van der Waals surface area contributed by atoms with Gasteiger partial charge in [-0.3, -0.25) is 14.9 Å². The van der Waals surface area contributed by atoms with E-state index in [4.69, 9.17) is 4.74 Å². The highest BCUT2D eigenvalue weighted by atomic mass is 32.2. The number of piperidine rings is 1. The topological polar surface area (TPSA) is 109 Å². The van der Waals surface area contributed by atoms with E-state index in [0.29, 0.717) is 34.9 Å². The van der Waals surface area contributed by atoms with Crippen molar-refractivity contribution in [2.24, 2.45) is 5.92 Å². The van der Waals surface area contributed by atoms with Gasteiger partial charge in [0.05, 0.1) is 23.4 Å². The number of amides is 2. The van der Waals surface area contributed by atoms with Gasteiger partial charge >= 0.3 is 0 Å². The Morgan fingerprint density at radius 2 is 2.10 bits per heavy atom. The van der Waals surface area contributed by atoms with Crippen LogP contribution in [0, 0.1) is 5.92 Å². The number of methoxy groups -OCH3 is 1. The zero-order chi connectivity index (χ0) is 21.6. The van der Waals surface area contributed by atoms with E-state index in [0.717, 1.165) is 49.9 Å². The van der Waals surface area contributed by atoms with Crippen LogP contribution in [0.3, 0.4) is 0 Å². The van der Waals surface area contributed by atoms with Crippen molar-refractivity contribution in [3.63, 3.8) is 0 Å². The van der Waals surface area contributed by atoms with Gasteiger partial charge in [-0.25, -0.2) is 15.0 Å². The number of aromatic nitrogens is 3. The fraction of sp³-hybridized carbons (Fsp3) is 0.381. The van der Waals surface area contributed by atoms with Crippen molar-refractivity contribution in [2.75, 3.05) is 31.6 Å². The second kappa shape index (κ2) is 9.88. The van der Waals surface area contributed by atoms with Gasteiger partial charge in [0.2, 0.25) is 11.8 Å². The number of hydrogen-bond acceptors (Lipinski definition) is 9. The van der Waals surface area contributed by atoms with Gasteiger partial charge in [-0.1, -0.05) is 6.07 Å². The minimum atomic E-state index is -0.382. The van der Waals surface area contributed by atoms with Crippen LogP contribution in [0.1, 0.15) is 24.2 Å². The van der Waals surface area contributed by atoms with Gasteiger partial charge in [0.25, 0.3) is 11.1 Å². The number of anilines is 1. The highest BCUT2D eigenvalue weighted by molar-refractivity contribution is 8.18. The predicted molar refractivity (Wildman–Crippen MR) is 119 cm³/mol. The summed E-state index contributed by atoms with van der Waals surface area (Å²) in [6.45, 7) is 3.39. The molecule has 162 valence electrons. The molecule has 4 rings (SSSR count). The molecule has 10 heteroatoms. The second-order valence-electron chi connectivity index (χ2n) is 7.37. The molecule has 4 heterocycles. The van der Waals surface area contributed by atoms with Crippen molar-refractivity contribution in [2.45, 2.75) is 19.4 Å². The van der Waals surface area contributed by atoms with E-state index < -0.39 is 0 Å². The van der Waals surface area contributed by atoms with Gasteiger partial charge in [-0.2, -0.15) is 0 Å². The Hall–Kier alpha value is -2.98. The molecule has 9 nitrogen and oxygen atoms in total. The Kier molecular flexibility index (Phi) is 6.78. The van der Waals surface area contributed by atoms with Crippen molar-refractivity contribution in [3.05, 3.63) is 46.8 Å². The Balaban J connectivity index is 1.27. The first-order chi connectivity index (χ1) is 15.1. The van der Waals surface area contributed by atoms with Gasteiger partial charge < -0.3 is 15.0 Å². The molecule has 2 aliphatic rings. The summed E-state index contributed by atoms with van der Waals surface area (Å²) in [6.07, 6.45) is 5.39. The predicted octanol–water partition coefficient (Wildman–Crippen LogP) is 2.21. The number of hydrogen-bond donors (Lipinski definition) is 2. The molecule has 0 aromatic carbocycles. The average molecular weight is 441 g/mol. The molecule has 2 aromatic rings. The first-order valence-electron chi connectivity index (χ1n) is 10.1. The summed E-state index contributed by atoms with van der Waals surface area (Å²) in [5, 5.41) is 5.38. The van der Waals surface area contributed by atoms with Crippen molar-refractivity contribution in [1.29, 1.82) is 0 Å². The lowest BCUT2D eigenvalue weighted by Gasteiger charge is -2.32. The molecule has 2 saturated heterocycles. The summed E-state index contributed by atoms with van der Waals surface area (Å²) in [4.78, 5) is 38.9. The molecule has 0 aliphatic carbocycles. The molecule has 2 fully saturated rings. The minimum absolute atomic E-state index is 0.352. The summed E-state index contributed by atoms with van der Waals surface area (Å²) >= 11 is 0.887. The van der Waals surface area contributed by atoms with E-state index in [1.54, 1.807) is 25.4 Å². The van der Waals surface area contributed by atoms with Gasteiger partial charge in [0.1, 0.15) is 0 Å². The fourth-order valence-corrected chi connectivity index (χ4v) is 4.23. The lowest BCUT2D eigenvalue weighted by Crippen LogP contribution is -2.38. The molecular formula is C21H24N6O3S. The Labute approximate surface area is 184 Å². The number of ether oxygens (including phenoxy) is 1. The second-order valence-corrected chi connectivity index (χ2v) is 8.38. The molecule has 0 atom stereocenters. The fourth-order valence-electron chi connectivity index (χ4n) is 3.56. The highest BCUT2D eigenvalue weighted by Crippen LogP contribution is 2.26. The summed E-state index contributed by atoms with van der Waals surface area (Å²) in [6, 6.07) is 7.51. The maximum Gasteiger partial charge on any atom is 0.290 e. The molecular weight excluding hydrogens is 416 g/mol. The third kappa shape index (κ3) is 5.59. The Morgan fingerprint density at radius 3 is 2.84 bits per heavy atom. The molecule has 31 heavy (non-hydrogen) atoms. The first-order valence-corrected chi connectivity index (χ1v) is 11.0. The number of thioether (sulfide) groups is 1. The quantitative estimate of drug-likeness (QED) is 0.626. The number of imide groups is 1. The largest absolute Gasteiger partial charge is 0.481 e. The number of carbonyl (C=O) groups is 2. The molecule has 0 saturated carbocycles. The smallest absolute Gasteiger partial charge is 0.290 e. The summed E-state index contributed by atoms with van der Waals surface area (Å²) in [7, 11) is 1.62. The van der Waals surface area contributed by atoms with Crippen LogP contribution < -0.4 is 20.3 Å². The zero-order valence-corrected chi connectivity index (χ0v) is 18.0. The van der Waals surface area contributed by atoms with Crippen LogP contribution in [0.25, 0.3) is 6.08 Å². The van der Waals surface area contributed by atoms with E-state index in [2.05, 4.69) is 30.5 Å². The first kappa shape index (κ1) is 21.3. The number of nitrogens with one attached hydrogen (secondary N) is 2. The normalized spacial score (nSPS) is 18.5. The van der Waals surface area contributed by atoms with Crippen LogP contribution in [-0.4, -0.2) is 52.8 Å². The molecule has 0 radical (unpaired) electrons. The molecule has 2 aromatic heterocycles. The van der Waals surface area contributed by atoms with Crippen LogP contribution in [0.5, 0.6) is 5.88 Å².